The lowest BCUT2D eigenvalue weighted by Gasteiger charge is -2.10. The van der Waals surface area contributed by atoms with Gasteiger partial charge in [0.1, 0.15) is 0 Å². The fourth-order valence-corrected chi connectivity index (χ4v) is 1.84. The lowest BCUT2D eigenvalue weighted by atomic mass is 10.1. The number of amides is 1. The number of alkyl carbamates (subject to hydrolysis) is 1. The topological polar surface area (TPSA) is 62.4 Å². The van der Waals surface area contributed by atoms with Crippen LogP contribution in [0.1, 0.15) is 6.92 Å². The van der Waals surface area contributed by atoms with Gasteiger partial charge in [-0.3, -0.25) is 5.32 Å². The van der Waals surface area contributed by atoms with E-state index in [0.29, 0.717) is 19.9 Å². The zero-order valence-electron chi connectivity index (χ0n) is 11.5. The summed E-state index contributed by atoms with van der Waals surface area (Å²) in [5.74, 6) is 0. The molecule has 0 atom stereocenters. The summed E-state index contributed by atoms with van der Waals surface area (Å²) < 4.78 is 4.74. The largest absolute Gasteiger partial charge is 0.450 e. The minimum absolute atomic E-state index is 0.361. The van der Waals surface area contributed by atoms with Crippen molar-refractivity contribution in [2.45, 2.75) is 6.92 Å². The van der Waals surface area contributed by atoms with Gasteiger partial charge in [-0.1, -0.05) is 30.3 Å². The number of rotatable bonds is 6. The van der Waals surface area contributed by atoms with E-state index in [2.05, 4.69) is 40.2 Å². The molecule has 0 aromatic heterocycles. The summed E-state index contributed by atoms with van der Waals surface area (Å²) >= 11 is 0. The Morgan fingerprint density at radius 1 is 1.10 bits per heavy atom. The van der Waals surface area contributed by atoms with Crippen molar-refractivity contribution in [3.05, 3.63) is 42.5 Å². The molecule has 2 aromatic rings. The van der Waals surface area contributed by atoms with E-state index >= 15 is 0 Å². The first-order valence-electron chi connectivity index (χ1n) is 6.63. The van der Waals surface area contributed by atoms with Crippen LogP contribution in [0, 0.1) is 0 Å². The molecule has 5 heteroatoms. The van der Waals surface area contributed by atoms with Crippen molar-refractivity contribution in [1.82, 2.24) is 10.6 Å². The summed E-state index contributed by atoms with van der Waals surface area (Å²) in [4.78, 5) is 11.0. The monoisotopic (exact) mass is 273 g/mol. The highest BCUT2D eigenvalue weighted by Crippen LogP contribution is 2.18. The summed E-state index contributed by atoms with van der Waals surface area (Å²) in [5, 5.41) is 11.3. The number of carbonyl (C=O) groups is 1. The molecular formula is C15H19N3O2. The highest BCUT2D eigenvalue weighted by atomic mass is 16.5. The molecule has 0 aliphatic carbocycles. The maximum Gasteiger partial charge on any atom is 0.408 e. The number of anilines is 1. The van der Waals surface area contributed by atoms with Gasteiger partial charge in [0.05, 0.1) is 19.9 Å². The predicted octanol–water partition coefficient (Wildman–Crippen LogP) is 2.50. The Hall–Kier alpha value is -2.27. The predicted molar refractivity (Wildman–Crippen MR) is 80.6 cm³/mol. The molecule has 0 spiro atoms. The normalized spacial score (nSPS) is 10.2. The van der Waals surface area contributed by atoms with Gasteiger partial charge in [0.2, 0.25) is 0 Å². The SMILES string of the molecule is CCOC(=O)NCNCNc1ccc2ccccc2c1. The fraction of sp³-hybridized carbons (Fsp3) is 0.267. The van der Waals surface area contributed by atoms with E-state index in [1.54, 1.807) is 6.92 Å². The van der Waals surface area contributed by atoms with Crippen LogP contribution in [0.2, 0.25) is 0 Å². The van der Waals surface area contributed by atoms with Gasteiger partial charge in [-0.25, -0.2) is 4.79 Å². The minimum atomic E-state index is -0.411. The molecule has 0 heterocycles. The molecule has 2 rings (SSSR count). The highest BCUT2D eigenvalue weighted by molar-refractivity contribution is 5.85. The molecule has 3 N–H and O–H groups in total. The molecule has 2 aromatic carbocycles. The van der Waals surface area contributed by atoms with Crippen LogP contribution in [0.3, 0.4) is 0 Å². The molecule has 0 aliphatic rings. The second-order valence-electron chi connectivity index (χ2n) is 4.24. The Morgan fingerprint density at radius 2 is 1.90 bits per heavy atom. The second-order valence-corrected chi connectivity index (χ2v) is 4.24. The van der Waals surface area contributed by atoms with Gasteiger partial charge in [-0.15, -0.1) is 0 Å². The maximum atomic E-state index is 11.0. The Kier molecular flexibility index (Phi) is 5.20. The first kappa shape index (κ1) is 14.1. The second kappa shape index (κ2) is 7.35. The molecule has 0 saturated heterocycles. The number of benzene rings is 2. The van der Waals surface area contributed by atoms with Gasteiger partial charge < -0.3 is 15.4 Å². The van der Waals surface area contributed by atoms with E-state index in [0.717, 1.165) is 5.69 Å². The van der Waals surface area contributed by atoms with Crippen molar-refractivity contribution < 1.29 is 9.53 Å². The van der Waals surface area contributed by atoms with Crippen LogP contribution in [-0.2, 0) is 4.74 Å². The summed E-state index contributed by atoms with van der Waals surface area (Å²) in [6.07, 6.45) is -0.411. The number of fused-ring (bicyclic) bond motifs is 1. The number of hydrogen-bond acceptors (Lipinski definition) is 4. The van der Waals surface area contributed by atoms with Crippen molar-refractivity contribution in [3.8, 4) is 0 Å². The van der Waals surface area contributed by atoms with Crippen molar-refractivity contribution in [3.63, 3.8) is 0 Å². The van der Waals surface area contributed by atoms with E-state index in [4.69, 9.17) is 4.74 Å². The van der Waals surface area contributed by atoms with E-state index in [-0.39, 0.29) is 0 Å². The van der Waals surface area contributed by atoms with Gasteiger partial charge in [0.25, 0.3) is 0 Å². The van der Waals surface area contributed by atoms with E-state index in [1.807, 2.05) is 18.2 Å². The van der Waals surface area contributed by atoms with Crippen molar-refractivity contribution in [2.24, 2.45) is 0 Å². The summed E-state index contributed by atoms with van der Waals surface area (Å²) in [6, 6.07) is 14.4. The van der Waals surface area contributed by atoms with Gasteiger partial charge in [-0.2, -0.15) is 0 Å². The molecule has 0 bridgehead atoms. The van der Waals surface area contributed by atoms with Gasteiger partial charge in [0, 0.05) is 5.69 Å². The van der Waals surface area contributed by atoms with Crippen LogP contribution in [-0.4, -0.2) is 26.0 Å². The minimum Gasteiger partial charge on any atom is -0.450 e. The van der Waals surface area contributed by atoms with Crippen molar-refractivity contribution >= 4 is 22.6 Å². The smallest absolute Gasteiger partial charge is 0.408 e. The van der Waals surface area contributed by atoms with Crippen LogP contribution >= 0.6 is 0 Å². The summed E-state index contributed by atoms with van der Waals surface area (Å²) in [6.45, 7) is 3.07. The third kappa shape index (κ3) is 4.13. The molecule has 0 unspecified atom stereocenters. The summed E-state index contributed by atoms with van der Waals surface area (Å²) in [7, 11) is 0. The number of ether oxygens (including phenoxy) is 1. The average Bonchev–Trinajstić information content (AvgIpc) is 2.47. The van der Waals surface area contributed by atoms with E-state index in [1.165, 1.54) is 10.8 Å². The molecular weight excluding hydrogens is 254 g/mol. The molecule has 0 aliphatic heterocycles. The standard InChI is InChI=1S/C15H19N3O2/c1-2-20-15(19)18-11-16-10-17-14-8-7-12-5-3-4-6-13(12)9-14/h3-9,16-17H,2,10-11H2,1H3,(H,18,19). The quantitative estimate of drug-likeness (QED) is 0.559. The third-order valence-electron chi connectivity index (χ3n) is 2.80. The zero-order chi connectivity index (χ0) is 14.2. The first-order valence-corrected chi connectivity index (χ1v) is 6.63. The molecule has 0 fully saturated rings. The van der Waals surface area contributed by atoms with Gasteiger partial charge in [-0.05, 0) is 29.8 Å². The molecule has 106 valence electrons. The molecule has 1 amide bonds. The Labute approximate surface area is 118 Å². The molecule has 5 nitrogen and oxygen atoms in total. The number of hydrogen-bond donors (Lipinski definition) is 3. The molecule has 0 saturated carbocycles. The van der Waals surface area contributed by atoms with Crippen molar-refractivity contribution in [2.75, 3.05) is 25.3 Å². The lowest BCUT2D eigenvalue weighted by Crippen LogP contribution is -2.36. The fourth-order valence-electron chi connectivity index (χ4n) is 1.84. The summed E-state index contributed by atoms with van der Waals surface area (Å²) in [5.41, 5.74) is 1.03. The molecule has 20 heavy (non-hydrogen) atoms. The van der Waals surface area contributed by atoms with Gasteiger partial charge >= 0.3 is 6.09 Å². The Morgan fingerprint density at radius 3 is 2.70 bits per heavy atom. The number of carbonyl (C=O) groups excluding carboxylic acids is 1. The lowest BCUT2D eigenvalue weighted by molar-refractivity contribution is 0.151. The third-order valence-corrected chi connectivity index (χ3v) is 2.80. The zero-order valence-corrected chi connectivity index (χ0v) is 11.5. The van der Waals surface area contributed by atoms with Crippen LogP contribution in [0.25, 0.3) is 10.8 Å². The number of nitrogens with one attached hydrogen (secondary N) is 3. The van der Waals surface area contributed by atoms with Crippen LogP contribution < -0.4 is 16.0 Å². The average molecular weight is 273 g/mol. The van der Waals surface area contributed by atoms with Crippen LogP contribution in [0.15, 0.2) is 42.5 Å². The Bertz CT molecular complexity index is 572. The maximum absolute atomic E-state index is 11.0. The molecule has 0 radical (unpaired) electrons. The van der Waals surface area contributed by atoms with Crippen LogP contribution in [0.5, 0.6) is 0 Å². The van der Waals surface area contributed by atoms with E-state index < -0.39 is 6.09 Å². The van der Waals surface area contributed by atoms with Crippen LogP contribution in [0.4, 0.5) is 10.5 Å². The Balaban J connectivity index is 1.74. The van der Waals surface area contributed by atoms with Gasteiger partial charge in [0.15, 0.2) is 0 Å². The van der Waals surface area contributed by atoms with E-state index in [9.17, 15) is 4.79 Å². The van der Waals surface area contributed by atoms with Crippen molar-refractivity contribution in [1.29, 1.82) is 0 Å². The first-order chi connectivity index (χ1) is 9.79. The highest BCUT2D eigenvalue weighted by Gasteiger charge is 1.98.